The molecule has 0 N–H and O–H groups in total. The van der Waals surface area contributed by atoms with Gasteiger partial charge in [-0.3, -0.25) is 0 Å². The van der Waals surface area contributed by atoms with Gasteiger partial charge in [-0.25, -0.2) is 4.98 Å². The lowest BCUT2D eigenvalue weighted by molar-refractivity contribution is 0.384. The SMILES string of the molecule is COc1ccccc1-c1noc(Cc2nc(-c3ccc(Br)cc3)cs2)n1. The quantitative estimate of drug-likeness (QED) is 0.436. The van der Waals surface area contributed by atoms with Crippen LogP contribution >= 0.6 is 27.3 Å². The molecule has 0 radical (unpaired) electrons. The summed E-state index contributed by atoms with van der Waals surface area (Å²) in [5.74, 6) is 1.76. The minimum atomic E-state index is 0.503. The Hall–Kier alpha value is -2.51. The fourth-order valence-electron chi connectivity index (χ4n) is 2.54. The second-order valence-corrected chi connectivity index (χ2v) is 7.38. The summed E-state index contributed by atoms with van der Waals surface area (Å²) in [5.41, 5.74) is 2.83. The molecule has 0 unspecified atom stereocenters. The van der Waals surface area contributed by atoms with Crippen molar-refractivity contribution >= 4 is 27.3 Å². The summed E-state index contributed by atoms with van der Waals surface area (Å²) in [6, 6.07) is 15.7. The van der Waals surface area contributed by atoms with Crippen molar-refractivity contribution in [1.29, 1.82) is 0 Å². The van der Waals surface area contributed by atoms with Crippen molar-refractivity contribution < 1.29 is 9.26 Å². The van der Waals surface area contributed by atoms with Crippen molar-refractivity contribution in [1.82, 2.24) is 15.1 Å². The molecule has 0 aliphatic carbocycles. The van der Waals surface area contributed by atoms with Crippen LogP contribution in [0.4, 0.5) is 0 Å². The number of ether oxygens (including phenoxy) is 1. The number of methoxy groups -OCH3 is 1. The molecule has 0 saturated heterocycles. The summed E-state index contributed by atoms with van der Waals surface area (Å²) in [5, 5.41) is 7.04. The molecule has 2 heterocycles. The normalized spacial score (nSPS) is 10.8. The van der Waals surface area contributed by atoms with E-state index in [1.165, 1.54) is 0 Å². The van der Waals surface area contributed by atoms with Gasteiger partial charge >= 0.3 is 0 Å². The number of halogens is 1. The maximum Gasteiger partial charge on any atom is 0.233 e. The summed E-state index contributed by atoms with van der Waals surface area (Å²) < 4.78 is 11.8. The van der Waals surface area contributed by atoms with E-state index in [0.717, 1.165) is 26.3 Å². The molecule has 5 nitrogen and oxygen atoms in total. The second-order valence-electron chi connectivity index (χ2n) is 5.52. The van der Waals surface area contributed by atoms with Crippen molar-refractivity contribution in [2.75, 3.05) is 7.11 Å². The number of hydrogen-bond acceptors (Lipinski definition) is 6. The van der Waals surface area contributed by atoms with Gasteiger partial charge in [-0.2, -0.15) is 4.98 Å². The number of benzene rings is 2. The van der Waals surface area contributed by atoms with Crippen LogP contribution in [0, 0.1) is 0 Å². The standard InChI is InChI=1S/C19H14BrN3O2S/c1-24-16-5-3-2-4-14(16)19-22-17(25-23-19)10-18-21-15(11-26-18)12-6-8-13(20)9-7-12/h2-9,11H,10H2,1H3. The maximum absolute atomic E-state index is 5.40. The summed E-state index contributed by atoms with van der Waals surface area (Å²) >= 11 is 5.03. The van der Waals surface area contributed by atoms with Crippen molar-refractivity contribution in [2.24, 2.45) is 0 Å². The third kappa shape index (κ3) is 3.54. The average Bonchev–Trinajstić information content (AvgIpc) is 3.32. The van der Waals surface area contributed by atoms with Crippen LogP contribution in [0.2, 0.25) is 0 Å². The zero-order valence-electron chi connectivity index (χ0n) is 13.8. The van der Waals surface area contributed by atoms with Crippen molar-refractivity contribution in [3.8, 4) is 28.4 Å². The zero-order chi connectivity index (χ0) is 17.9. The molecule has 0 atom stereocenters. The highest BCUT2D eigenvalue weighted by Gasteiger charge is 2.14. The predicted octanol–water partition coefficient (Wildman–Crippen LogP) is 5.22. The molecule has 0 spiro atoms. The Morgan fingerprint density at radius 1 is 1.08 bits per heavy atom. The Kier molecular flexibility index (Phi) is 4.81. The molecule has 0 aliphatic rings. The smallest absolute Gasteiger partial charge is 0.233 e. The first-order valence-electron chi connectivity index (χ1n) is 7.89. The Morgan fingerprint density at radius 2 is 1.88 bits per heavy atom. The zero-order valence-corrected chi connectivity index (χ0v) is 16.3. The third-order valence-corrected chi connectivity index (χ3v) is 5.19. The van der Waals surface area contributed by atoms with Gasteiger partial charge in [0.25, 0.3) is 0 Å². The van der Waals surface area contributed by atoms with Crippen LogP contribution in [0.1, 0.15) is 10.9 Å². The highest BCUT2D eigenvalue weighted by atomic mass is 79.9. The molecule has 0 amide bonds. The molecule has 0 bridgehead atoms. The molecule has 0 aliphatic heterocycles. The van der Waals surface area contributed by atoms with Gasteiger partial charge in [-0.15, -0.1) is 11.3 Å². The largest absolute Gasteiger partial charge is 0.496 e. The van der Waals surface area contributed by atoms with Gasteiger partial charge in [0.05, 0.1) is 24.8 Å². The topological polar surface area (TPSA) is 61.0 Å². The first-order valence-corrected chi connectivity index (χ1v) is 9.56. The van der Waals surface area contributed by atoms with E-state index in [-0.39, 0.29) is 0 Å². The number of aromatic nitrogens is 3. The van der Waals surface area contributed by atoms with Gasteiger partial charge in [0, 0.05) is 15.4 Å². The summed E-state index contributed by atoms with van der Waals surface area (Å²) in [4.78, 5) is 9.15. The monoisotopic (exact) mass is 427 g/mol. The first kappa shape index (κ1) is 16.9. The van der Waals surface area contributed by atoms with Gasteiger partial charge in [-0.1, -0.05) is 45.4 Å². The maximum atomic E-state index is 5.40. The Bertz CT molecular complexity index is 1030. The molecule has 7 heteroatoms. The number of rotatable bonds is 5. The van der Waals surface area contributed by atoms with Gasteiger partial charge in [0.2, 0.25) is 11.7 Å². The third-order valence-electron chi connectivity index (χ3n) is 3.81. The average molecular weight is 428 g/mol. The van der Waals surface area contributed by atoms with Crippen LogP contribution in [-0.4, -0.2) is 22.2 Å². The van der Waals surface area contributed by atoms with Gasteiger partial charge in [-0.05, 0) is 24.3 Å². The molecule has 130 valence electrons. The molecule has 4 rings (SSSR count). The molecule has 0 saturated carbocycles. The van der Waals surface area contributed by atoms with Crippen LogP contribution in [0.5, 0.6) is 5.75 Å². The Morgan fingerprint density at radius 3 is 2.69 bits per heavy atom. The van der Waals surface area contributed by atoms with Crippen LogP contribution in [0.15, 0.2) is 62.9 Å². The van der Waals surface area contributed by atoms with Gasteiger partial charge in [0.1, 0.15) is 10.8 Å². The number of para-hydroxylation sites is 1. The summed E-state index contributed by atoms with van der Waals surface area (Å²) in [6.45, 7) is 0. The van der Waals surface area contributed by atoms with E-state index < -0.39 is 0 Å². The fourth-order valence-corrected chi connectivity index (χ4v) is 3.60. The lowest BCUT2D eigenvalue weighted by Gasteiger charge is -2.02. The highest BCUT2D eigenvalue weighted by Crippen LogP contribution is 2.28. The van der Waals surface area contributed by atoms with Crippen LogP contribution in [0.25, 0.3) is 22.6 Å². The van der Waals surface area contributed by atoms with E-state index in [4.69, 9.17) is 9.26 Å². The second kappa shape index (κ2) is 7.39. The molecule has 0 fully saturated rings. The van der Waals surface area contributed by atoms with Crippen molar-refractivity contribution in [2.45, 2.75) is 6.42 Å². The summed E-state index contributed by atoms with van der Waals surface area (Å²) in [6.07, 6.45) is 0.503. The molecule has 2 aromatic heterocycles. The van der Waals surface area contributed by atoms with E-state index in [1.54, 1.807) is 18.4 Å². The molecular weight excluding hydrogens is 414 g/mol. The predicted molar refractivity (Wildman–Crippen MR) is 104 cm³/mol. The lowest BCUT2D eigenvalue weighted by Crippen LogP contribution is -1.90. The first-order chi connectivity index (χ1) is 12.7. The van der Waals surface area contributed by atoms with E-state index >= 15 is 0 Å². The van der Waals surface area contributed by atoms with E-state index in [2.05, 4.69) is 31.1 Å². The summed E-state index contributed by atoms with van der Waals surface area (Å²) in [7, 11) is 1.62. The van der Waals surface area contributed by atoms with Crippen molar-refractivity contribution in [3.05, 3.63) is 69.3 Å². The van der Waals surface area contributed by atoms with Gasteiger partial charge in [0.15, 0.2) is 0 Å². The van der Waals surface area contributed by atoms with Crippen LogP contribution in [0.3, 0.4) is 0 Å². The van der Waals surface area contributed by atoms with E-state index in [0.29, 0.717) is 23.9 Å². The highest BCUT2D eigenvalue weighted by molar-refractivity contribution is 9.10. The number of nitrogens with zero attached hydrogens (tertiary/aromatic N) is 3. The minimum Gasteiger partial charge on any atom is -0.496 e. The molecule has 26 heavy (non-hydrogen) atoms. The molecule has 2 aromatic carbocycles. The Labute approximate surface area is 162 Å². The lowest BCUT2D eigenvalue weighted by atomic mass is 10.2. The van der Waals surface area contributed by atoms with E-state index in [1.807, 2.05) is 53.9 Å². The minimum absolute atomic E-state index is 0.503. The van der Waals surface area contributed by atoms with E-state index in [9.17, 15) is 0 Å². The molecular formula is C19H14BrN3O2S. The molecule has 4 aromatic rings. The Balaban J connectivity index is 1.54. The van der Waals surface area contributed by atoms with Gasteiger partial charge < -0.3 is 9.26 Å². The number of thiazole rings is 1. The number of hydrogen-bond donors (Lipinski definition) is 0. The van der Waals surface area contributed by atoms with Crippen LogP contribution in [-0.2, 0) is 6.42 Å². The van der Waals surface area contributed by atoms with Crippen molar-refractivity contribution in [3.63, 3.8) is 0 Å². The van der Waals surface area contributed by atoms with Crippen LogP contribution < -0.4 is 4.74 Å². The fraction of sp³-hybridized carbons (Fsp3) is 0.105.